The minimum Gasteiger partial charge on any atom is -0.444 e. The van der Waals surface area contributed by atoms with E-state index in [-0.39, 0.29) is 17.6 Å². The molecular formula is C13H23NO3. The molecule has 0 aliphatic carbocycles. The largest absolute Gasteiger partial charge is 0.444 e. The van der Waals surface area contributed by atoms with Crippen LogP contribution in [0.3, 0.4) is 0 Å². The predicted molar refractivity (Wildman–Crippen MR) is 65.8 cm³/mol. The molecule has 1 unspecified atom stereocenters. The molecule has 1 aliphatic rings. The maximum absolute atomic E-state index is 12.1. The van der Waals surface area contributed by atoms with Crippen molar-refractivity contribution in [2.45, 2.75) is 58.6 Å². The molecule has 1 aliphatic heterocycles. The van der Waals surface area contributed by atoms with E-state index in [1.54, 1.807) is 4.90 Å². The zero-order valence-electron chi connectivity index (χ0n) is 11.4. The number of piperidine rings is 1. The van der Waals surface area contributed by atoms with Crippen molar-refractivity contribution in [2.75, 3.05) is 6.54 Å². The topological polar surface area (TPSA) is 46.6 Å². The number of likely N-dealkylation sites (tertiary alicyclic amines) is 1. The SMILES string of the molecule is CC(C)(C)OC(=O)N1CC(C=O)CCC1(C)C. The number of amides is 1. The van der Waals surface area contributed by atoms with Crippen LogP contribution in [0.1, 0.15) is 47.5 Å². The second kappa shape index (κ2) is 4.67. The molecule has 1 fully saturated rings. The van der Waals surface area contributed by atoms with Crippen LogP contribution in [0.5, 0.6) is 0 Å². The van der Waals surface area contributed by atoms with E-state index in [4.69, 9.17) is 4.74 Å². The highest BCUT2D eigenvalue weighted by atomic mass is 16.6. The zero-order valence-corrected chi connectivity index (χ0v) is 11.4. The first-order valence-electron chi connectivity index (χ1n) is 6.11. The van der Waals surface area contributed by atoms with Crippen LogP contribution in [0.4, 0.5) is 4.79 Å². The van der Waals surface area contributed by atoms with Crippen molar-refractivity contribution in [3.63, 3.8) is 0 Å². The summed E-state index contributed by atoms with van der Waals surface area (Å²) in [5, 5.41) is 0. The summed E-state index contributed by atoms with van der Waals surface area (Å²) >= 11 is 0. The van der Waals surface area contributed by atoms with Crippen molar-refractivity contribution in [1.29, 1.82) is 0 Å². The molecule has 17 heavy (non-hydrogen) atoms. The number of aldehydes is 1. The van der Waals surface area contributed by atoms with Gasteiger partial charge >= 0.3 is 6.09 Å². The Balaban J connectivity index is 2.77. The van der Waals surface area contributed by atoms with Gasteiger partial charge in [-0.1, -0.05) is 0 Å². The number of hydrogen-bond acceptors (Lipinski definition) is 3. The molecule has 0 aromatic heterocycles. The fraction of sp³-hybridized carbons (Fsp3) is 0.846. The third-order valence-electron chi connectivity index (χ3n) is 3.08. The summed E-state index contributed by atoms with van der Waals surface area (Å²) < 4.78 is 5.38. The fourth-order valence-electron chi connectivity index (χ4n) is 2.00. The molecule has 0 bridgehead atoms. The lowest BCUT2D eigenvalue weighted by Gasteiger charge is -2.44. The molecule has 1 rings (SSSR count). The average molecular weight is 241 g/mol. The van der Waals surface area contributed by atoms with Crippen LogP contribution in [0.15, 0.2) is 0 Å². The van der Waals surface area contributed by atoms with Crippen molar-refractivity contribution in [1.82, 2.24) is 4.90 Å². The van der Waals surface area contributed by atoms with E-state index < -0.39 is 5.60 Å². The van der Waals surface area contributed by atoms with Gasteiger partial charge in [0.05, 0.1) is 0 Å². The summed E-state index contributed by atoms with van der Waals surface area (Å²) in [7, 11) is 0. The normalized spacial score (nSPS) is 24.3. The lowest BCUT2D eigenvalue weighted by Crippen LogP contribution is -2.54. The van der Waals surface area contributed by atoms with Crippen LogP contribution >= 0.6 is 0 Å². The van der Waals surface area contributed by atoms with Crippen LogP contribution in [0.2, 0.25) is 0 Å². The summed E-state index contributed by atoms with van der Waals surface area (Å²) in [5.74, 6) is -0.0597. The summed E-state index contributed by atoms with van der Waals surface area (Å²) in [6.45, 7) is 10.0. The van der Waals surface area contributed by atoms with Gasteiger partial charge in [0, 0.05) is 18.0 Å². The smallest absolute Gasteiger partial charge is 0.410 e. The molecule has 1 saturated heterocycles. The molecule has 4 heteroatoms. The number of nitrogens with zero attached hydrogens (tertiary/aromatic N) is 1. The van der Waals surface area contributed by atoms with E-state index in [1.165, 1.54) is 0 Å². The standard InChI is InChI=1S/C13H23NO3/c1-12(2,3)17-11(16)14-8-10(9-15)6-7-13(14,4)5/h9-10H,6-8H2,1-5H3. The lowest BCUT2D eigenvalue weighted by molar-refractivity contribution is -0.113. The highest BCUT2D eigenvalue weighted by Gasteiger charge is 2.39. The molecule has 1 atom stereocenters. The van der Waals surface area contributed by atoms with E-state index in [0.29, 0.717) is 6.54 Å². The zero-order chi connectivity index (χ0) is 13.3. The molecule has 0 N–H and O–H groups in total. The number of carbonyl (C=O) groups is 2. The maximum atomic E-state index is 12.1. The first-order chi connectivity index (χ1) is 7.65. The van der Waals surface area contributed by atoms with Crippen LogP contribution in [-0.4, -0.2) is 35.0 Å². The minimum atomic E-state index is -0.499. The van der Waals surface area contributed by atoms with E-state index in [1.807, 2.05) is 34.6 Å². The number of ether oxygens (including phenoxy) is 1. The molecule has 98 valence electrons. The van der Waals surface area contributed by atoms with Gasteiger partial charge in [0.25, 0.3) is 0 Å². The Kier molecular flexibility index (Phi) is 3.84. The van der Waals surface area contributed by atoms with Crippen LogP contribution < -0.4 is 0 Å². The summed E-state index contributed by atoms with van der Waals surface area (Å²) in [6, 6.07) is 0. The van der Waals surface area contributed by atoms with E-state index in [0.717, 1.165) is 19.1 Å². The minimum absolute atomic E-state index is 0.0597. The molecular weight excluding hydrogens is 218 g/mol. The van der Waals surface area contributed by atoms with E-state index in [9.17, 15) is 9.59 Å². The summed E-state index contributed by atoms with van der Waals surface area (Å²) in [5.41, 5.74) is -0.733. The van der Waals surface area contributed by atoms with Gasteiger partial charge in [-0.15, -0.1) is 0 Å². The average Bonchev–Trinajstić information content (AvgIpc) is 2.14. The van der Waals surface area contributed by atoms with Gasteiger partial charge in [0.1, 0.15) is 11.9 Å². The van der Waals surface area contributed by atoms with Crippen molar-refractivity contribution in [3.8, 4) is 0 Å². The molecule has 0 aromatic carbocycles. The monoisotopic (exact) mass is 241 g/mol. The Morgan fingerprint density at radius 2 is 2.00 bits per heavy atom. The molecule has 0 aromatic rings. The quantitative estimate of drug-likeness (QED) is 0.663. The molecule has 0 radical (unpaired) electrons. The van der Waals surface area contributed by atoms with Gasteiger partial charge in [0.15, 0.2) is 0 Å². The first kappa shape index (κ1) is 14.0. The van der Waals surface area contributed by atoms with E-state index in [2.05, 4.69) is 0 Å². The van der Waals surface area contributed by atoms with Gasteiger partial charge in [-0.2, -0.15) is 0 Å². The fourth-order valence-corrected chi connectivity index (χ4v) is 2.00. The van der Waals surface area contributed by atoms with Gasteiger partial charge in [-0.25, -0.2) is 4.79 Å². The predicted octanol–water partition coefficient (Wildman–Crippen LogP) is 2.61. The third kappa shape index (κ3) is 3.72. The molecule has 0 spiro atoms. The lowest BCUT2D eigenvalue weighted by atomic mass is 9.86. The molecule has 1 heterocycles. The second-order valence-corrected chi connectivity index (χ2v) is 6.34. The van der Waals surface area contributed by atoms with Crippen molar-refractivity contribution < 1.29 is 14.3 Å². The summed E-state index contributed by atoms with van der Waals surface area (Å²) in [4.78, 5) is 24.6. The number of carbonyl (C=O) groups excluding carboxylic acids is 2. The highest BCUT2D eigenvalue weighted by Crippen LogP contribution is 2.31. The Labute approximate surface area is 103 Å². The van der Waals surface area contributed by atoms with E-state index >= 15 is 0 Å². The Morgan fingerprint density at radius 3 is 2.47 bits per heavy atom. The molecule has 4 nitrogen and oxygen atoms in total. The van der Waals surface area contributed by atoms with Gasteiger partial charge < -0.3 is 14.4 Å². The van der Waals surface area contributed by atoms with Crippen molar-refractivity contribution in [2.24, 2.45) is 5.92 Å². The van der Waals surface area contributed by atoms with Crippen molar-refractivity contribution >= 4 is 12.4 Å². The van der Waals surface area contributed by atoms with Crippen LogP contribution in [0, 0.1) is 5.92 Å². The summed E-state index contributed by atoms with van der Waals surface area (Å²) in [6.07, 6.45) is 2.28. The molecule has 0 saturated carbocycles. The maximum Gasteiger partial charge on any atom is 0.410 e. The Bertz CT molecular complexity index is 304. The van der Waals surface area contributed by atoms with Gasteiger partial charge in [-0.05, 0) is 47.5 Å². The number of hydrogen-bond donors (Lipinski definition) is 0. The van der Waals surface area contributed by atoms with Crippen LogP contribution in [0.25, 0.3) is 0 Å². The second-order valence-electron chi connectivity index (χ2n) is 6.34. The number of rotatable bonds is 1. The van der Waals surface area contributed by atoms with Gasteiger partial charge in [-0.3, -0.25) is 0 Å². The first-order valence-corrected chi connectivity index (χ1v) is 6.11. The molecule has 1 amide bonds. The van der Waals surface area contributed by atoms with Gasteiger partial charge in [0.2, 0.25) is 0 Å². The van der Waals surface area contributed by atoms with Crippen LogP contribution in [-0.2, 0) is 9.53 Å². The Hall–Kier alpha value is -1.06. The highest BCUT2D eigenvalue weighted by molar-refractivity contribution is 5.70. The third-order valence-corrected chi connectivity index (χ3v) is 3.08. The van der Waals surface area contributed by atoms with Crippen molar-refractivity contribution in [3.05, 3.63) is 0 Å². The Morgan fingerprint density at radius 1 is 1.41 bits per heavy atom.